The van der Waals surface area contributed by atoms with Crippen LogP contribution < -0.4 is 31.6 Å². The molecule has 3 rings (SSSR count). The number of hydrogen-bond acceptors (Lipinski definition) is 13. The summed E-state index contributed by atoms with van der Waals surface area (Å²) < 4.78 is 7.42. The quantitative estimate of drug-likeness (QED) is 0.0819. The van der Waals surface area contributed by atoms with Crippen molar-refractivity contribution in [3.05, 3.63) is 72.8 Å². The number of likely N-dealkylation sites (N-methyl/N-ethyl adjacent to an activating group) is 7. The van der Waals surface area contributed by atoms with Crippen molar-refractivity contribution in [2.24, 2.45) is 41.4 Å². The van der Waals surface area contributed by atoms with Gasteiger partial charge in [-0.25, -0.2) is 0 Å². The molecule has 14 atom stereocenters. The molecule has 578 valence electrons. The van der Waals surface area contributed by atoms with Gasteiger partial charge in [-0.05, 0) is 111 Å². The molecule has 0 aromatic heterocycles. The molecule has 1 unspecified atom stereocenters. The third kappa shape index (κ3) is 22.5. The molecule has 1 heterocycles. The number of nitrogens with zero attached hydrogens (tertiary/aromatic N) is 7. The van der Waals surface area contributed by atoms with E-state index in [1.165, 1.54) is 94.6 Å². The molecule has 2 aromatic carbocycles. The second-order valence-corrected chi connectivity index (χ2v) is 36.0. The molecule has 5 N–H and O–H groups in total. The van der Waals surface area contributed by atoms with E-state index in [9.17, 15) is 19.5 Å². The minimum atomic E-state index is -3.31. The maximum absolute atomic E-state index is 15.7. The molecule has 1 aliphatic rings. The predicted octanol–water partition coefficient (Wildman–Crippen LogP) is 5.82. The fraction of sp³-hybridized carbons (Fsp3) is 0.679. The number of nitrogens with one attached hydrogen (secondary N) is 4. The maximum atomic E-state index is 15.7. The average molecular weight is 1460 g/mol. The fourth-order valence-electron chi connectivity index (χ4n) is 13.9. The first-order valence-electron chi connectivity index (χ1n) is 36.9. The third-order valence-electron chi connectivity index (χ3n) is 20.3. The van der Waals surface area contributed by atoms with Gasteiger partial charge >= 0.3 is 0 Å². The summed E-state index contributed by atoms with van der Waals surface area (Å²) in [5, 5.41) is 25.0. The first-order valence-corrected chi connectivity index (χ1v) is 38.8. The lowest BCUT2D eigenvalue weighted by Gasteiger charge is -2.44. The van der Waals surface area contributed by atoms with Crippen molar-refractivity contribution >= 4 is 83.7 Å². The van der Waals surface area contributed by atoms with Gasteiger partial charge in [-0.1, -0.05) is 184 Å². The van der Waals surface area contributed by atoms with Crippen LogP contribution in [0.25, 0.3) is 0 Å². The lowest BCUT2D eigenvalue weighted by molar-refractivity contribution is -0.157. The van der Waals surface area contributed by atoms with Crippen molar-refractivity contribution in [2.45, 2.75) is 248 Å². The molecule has 0 saturated carbocycles. The lowest BCUT2D eigenvalue weighted by Crippen LogP contribution is -2.67. The van der Waals surface area contributed by atoms with Crippen LogP contribution in [0.2, 0.25) is 5.04 Å². The second kappa shape index (κ2) is 39.6. The van der Waals surface area contributed by atoms with Crippen LogP contribution in [0, 0.1) is 41.4 Å². The molecule has 0 radical (unpaired) electrons. The Bertz CT molecular complexity index is 3180. The van der Waals surface area contributed by atoms with Crippen molar-refractivity contribution in [1.82, 2.24) is 55.6 Å². The first-order chi connectivity index (χ1) is 47.8. The number of carbonyl (C=O) groups is 11. The van der Waals surface area contributed by atoms with Gasteiger partial charge in [0, 0.05) is 61.9 Å². The number of aliphatic hydroxyl groups is 1. The minimum Gasteiger partial charge on any atom is -0.407 e. The molecule has 1 aliphatic heterocycles. The standard InChI is InChI=1S/C78H129N11O13Si/c1-28-30-37-51(13)66(90)65-70(94)81-58(29-2)73(97)83(21)55(17)72(96)88(26)64(52(14)45-102-103(78(18,19)20,56-38-33-31-34-39-56)57-40-35-32-36-41-57)69(93)82-62(49(9)10)76(100)84(22)59(42-46(3)4)68(92)79-53(15)67(91)80-54(16)71(95)85(23)60(43-47(5)6)74(98)86(24)61(44-48(7)8)75(99)87(25)63(50(11)12)77(101)89(65)27/h28,30-36,38-41,46-55,58-66,90H,29,37,42-45H2,1-27H3,(H,79,92)(H,80,91)(H,81,94)(H,82,93)/b30-28+/t51-,52?,53+,54-,55+,58+,59+,60+,61+,62+,63+,64+,65+,66-/m1/s1. The molecule has 1 saturated heterocycles. The normalized spacial score (nSPS) is 25.5. The number of amides is 11. The SMILES string of the molecule is C/C=C/C[C@@H](C)[C@@H](O)[C@H]1C(=O)N[C@@H](CC)C(=O)N(C)[C@@H](C)C(=O)N(C)[C@@H](C(C)CO[Si](c2ccccc2)(c2ccccc2)C(C)(C)C)C(=O)N[C@@H](C(C)C)C(=O)N(C)[C@@H](CC(C)C)C(=O)N[C@@H](C)C(=O)N[C@H](C)C(=O)N(C)[C@@H](CC(C)C)C(=O)N(C)[C@@H](CC(C)C)C(=O)N(C)[C@@H](C(C)C)C(=O)N1C. The van der Waals surface area contributed by atoms with Crippen LogP contribution in [-0.2, 0) is 57.2 Å². The van der Waals surface area contributed by atoms with E-state index in [4.69, 9.17) is 4.43 Å². The predicted molar refractivity (Wildman–Crippen MR) is 406 cm³/mol. The van der Waals surface area contributed by atoms with Crippen LogP contribution in [0.3, 0.4) is 0 Å². The molecule has 1 fully saturated rings. The highest BCUT2D eigenvalue weighted by Crippen LogP contribution is 2.38. The average Bonchev–Trinajstić information content (AvgIpc) is 0.747. The lowest BCUT2D eigenvalue weighted by atomic mass is 9.91. The Kier molecular flexibility index (Phi) is 34.4. The number of rotatable bonds is 19. The summed E-state index contributed by atoms with van der Waals surface area (Å²) in [4.78, 5) is 174. The number of benzene rings is 2. The zero-order valence-electron chi connectivity index (χ0n) is 67.1. The molecular formula is C78H129N11O13Si. The van der Waals surface area contributed by atoms with Crippen LogP contribution in [0.15, 0.2) is 72.8 Å². The highest BCUT2D eigenvalue weighted by Gasteiger charge is 2.52. The number of carbonyl (C=O) groups excluding carboxylic acids is 11. The Balaban J connectivity index is 2.45. The summed E-state index contributed by atoms with van der Waals surface area (Å²) in [5.74, 6) is -11.0. The number of hydrogen-bond donors (Lipinski definition) is 5. The maximum Gasteiger partial charge on any atom is 0.261 e. The van der Waals surface area contributed by atoms with Crippen molar-refractivity contribution in [3.63, 3.8) is 0 Å². The Morgan fingerprint density at radius 3 is 1.35 bits per heavy atom. The fourth-order valence-corrected chi connectivity index (χ4v) is 18.6. The van der Waals surface area contributed by atoms with Crippen molar-refractivity contribution in [3.8, 4) is 0 Å². The molecule has 2 aromatic rings. The van der Waals surface area contributed by atoms with Gasteiger partial charge in [0.25, 0.3) is 8.32 Å². The highest BCUT2D eigenvalue weighted by molar-refractivity contribution is 6.99. The van der Waals surface area contributed by atoms with Gasteiger partial charge in [-0.2, -0.15) is 0 Å². The molecule has 0 spiro atoms. The van der Waals surface area contributed by atoms with Gasteiger partial charge in [-0.3, -0.25) is 52.7 Å². The van der Waals surface area contributed by atoms with E-state index >= 15 is 38.4 Å². The molecule has 24 nitrogen and oxygen atoms in total. The monoisotopic (exact) mass is 1460 g/mol. The Morgan fingerprint density at radius 1 is 0.476 bits per heavy atom. The smallest absolute Gasteiger partial charge is 0.261 e. The van der Waals surface area contributed by atoms with E-state index in [2.05, 4.69) is 42.0 Å². The van der Waals surface area contributed by atoms with E-state index in [1.807, 2.05) is 108 Å². The van der Waals surface area contributed by atoms with Gasteiger partial charge < -0.3 is 65.1 Å². The zero-order chi connectivity index (χ0) is 78.8. The Hall–Kier alpha value is -7.51. The minimum absolute atomic E-state index is 0.0228. The molecule has 11 amide bonds. The van der Waals surface area contributed by atoms with Crippen LogP contribution in [0.4, 0.5) is 0 Å². The summed E-state index contributed by atoms with van der Waals surface area (Å²) in [6, 6.07) is 5.41. The Labute approximate surface area is 617 Å². The molecule has 0 aliphatic carbocycles. The van der Waals surface area contributed by atoms with Gasteiger partial charge in [0.05, 0.1) is 6.10 Å². The summed E-state index contributed by atoms with van der Waals surface area (Å²) in [5.41, 5.74) is 0. The van der Waals surface area contributed by atoms with E-state index in [0.29, 0.717) is 0 Å². The van der Waals surface area contributed by atoms with Crippen molar-refractivity contribution in [2.75, 3.05) is 55.9 Å². The van der Waals surface area contributed by atoms with Crippen molar-refractivity contribution < 1.29 is 62.3 Å². The van der Waals surface area contributed by atoms with Crippen LogP contribution in [0.1, 0.15) is 171 Å². The second-order valence-electron chi connectivity index (χ2n) is 31.7. The van der Waals surface area contributed by atoms with E-state index in [1.54, 1.807) is 61.5 Å². The number of aliphatic hydroxyl groups excluding tert-OH is 1. The Morgan fingerprint density at radius 2 is 0.903 bits per heavy atom. The first kappa shape index (κ1) is 89.7. The highest BCUT2D eigenvalue weighted by atomic mass is 28.4. The summed E-state index contributed by atoms with van der Waals surface area (Å²) in [6.07, 6.45) is 2.71. The molecule has 25 heteroatoms. The van der Waals surface area contributed by atoms with Crippen LogP contribution in [-0.4, -0.2) is 241 Å². The topological polar surface area (TPSA) is 288 Å². The van der Waals surface area contributed by atoms with E-state index in [-0.39, 0.29) is 56.5 Å². The van der Waals surface area contributed by atoms with Gasteiger partial charge in [0.15, 0.2) is 0 Å². The molecule has 103 heavy (non-hydrogen) atoms. The summed E-state index contributed by atoms with van der Waals surface area (Å²) in [7, 11) is 6.67. The van der Waals surface area contributed by atoms with Crippen LogP contribution >= 0.6 is 0 Å². The van der Waals surface area contributed by atoms with Crippen molar-refractivity contribution in [1.29, 1.82) is 0 Å². The van der Waals surface area contributed by atoms with Gasteiger partial charge in [-0.15, -0.1) is 0 Å². The van der Waals surface area contributed by atoms with Gasteiger partial charge in [0.2, 0.25) is 65.0 Å². The largest absolute Gasteiger partial charge is 0.407 e. The summed E-state index contributed by atoms with van der Waals surface area (Å²) >= 11 is 0. The van der Waals surface area contributed by atoms with E-state index < -0.39 is 175 Å². The molecule has 0 bridgehead atoms. The van der Waals surface area contributed by atoms with Crippen LogP contribution in [0.5, 0.6) is 0 Å². The van der Waals surface area contributed by atoms with E-state index in [0.717, 1.165) is 20.2 Å². The number of allylic oxidation sites excluding steroid dienone is 2. The summed E-state index contributed by atoms with van der Waals surface area (Å²) in [6.45, 7) is 35.7. The zero-order valence-corrected chi connectivity index (χ0v) is 68.1. The molecular weight excluding hydrogens is 1330 g/mol. The third-order valence-corrected chi connectivity index (χ3v) is 25.3. The van der Waals surface area contributed by atoms with Gasteiger partial charge in [0.1, 0.15) is 66.5 Å².